The number of amides is 2. The van der Waals surface area contributed by atoms with Crippen LogP contribution in [0.4, 0.5) is 10.5 Å². The van der Waals surface area contributed by atoms with Gasteiger partial charge in [-0.25, -0.2) is 4.79 Å². The van der Waals surface area contributed by atoms with E-state index in [1.54, 1.807) is 17.0 Å². The number of nitrogen functional groups attached to an aromatic ring is 1. The van der Waals surface area contributed by atoms with Gasteiger partial charge in [-0.05, 0) is 29.7 Å². The van der Waals surface area contributed by atoms with Gasteiger partial charge in [0.25, 0.3) is 0 Å². The summed E-state index contributed by atoms with van der Waals surface area (Å²) in [6.45, 7) is 0.493. The van der Waals surface area contributed by atoms with E-state index in [1.807, 2.05) is 36.4 Å². The Hall–Kier alpha value is -3.35. The van der Waals surface area contributed by atoms with Crippen molar-refractivity contribution in [2.45, 2.75) is 18.9 Å². The van der Waals surface area contributed by atoms with Crippen LogP contribution < -0.4 is 16.0 Å². The minimum absolute atomic E-state index is 0.0108. The predicted molar refractivity (Wildman–Crippen MR) is 98.5 cm³/mol. The van der Waals surface area contributed by atoms with Crippen LogP contribution in [0.2, 0.25) is 0 Å². The number of amidine groups is 1. The van der Waals surface area contributed by atoms with E-state index in [-0.39, 0.29) is 24.3 Å². The van der Waals surface area contributed by atoms with Crippen molar-refractivity contribution in [3.05, 3.63) is 65.2 Å². The number of carbonyl (C=O) groups excluding carboxylic acids is 1. The molecule has 0 spiro atoms. The topological polar surface area (TPSA) is 120 Å². The minimum atomic E-state index is -0.827. The SMILES string of the molecule is N=C(N)c1ccc(C2CN(c3ccc(CCC(=O)O)cc3)C(=O)N2)cc1. The van der Waals surface area contributed by atoms with Gasteiger partial charge in [0.15, 0.2) is 0 Å². The van der Waals surface area contributed by atoms with Crippen molar-refractivity contribution in [3.8, 4) is 0 Å². The summed E-state index contributed by atoms with van der Waals surface area (Å²) in [5.74, 6) is -0.816. The van der Waals surface area contributed by atoms with Gasteiger partial charge in [0, 0.05) is 17.7 Å². The minimum Gasteiger partial charge on any atom is -0.481 e. The Morgan fingerprint density at radius 3 is 2.42 bits per heavy atom. The van der Waals surface area contributed by atoms with Gasteiger partial charge < -0.3 is 16.2 Å². The van der Waals surface area contributed by atoms with Crippen LogP contribution >= 0.6 is 0 Å². The molecule has 3 rings (SSSR count). The lowest BCUT2D eigenvalue weighted by Gasteiger charge is -2.15. The van der Waals surface area contributed by atoms with Crippen LogP contribution in [-0.4, -0.2) is 29.5 Å². The van der Waals surface area contributed by atoms with Crippen molar-refractivity contribution in [1.82, 2.24) is 5.32 Å². The molecule has 1 saturated heterocycles. The van der Waals surface area contributed by atoms with Gasteiger partial charge in [-0.2, -0.15) is 0 Å². The molecule has 1 heterocycles. The summed E-state index contributed by atoms with van der Waals surface area (Å²) >= 11 is 0. The van der Waals surface area contributed by atoms with Crippen molar-refractivity contribution in [3.63, 3.8) is 0 Å². The first-order valence-electron chi connectivity index (χ1n) is 8.27. The molecule has 7 nitrogen and oxygen atoms in total. The fourth-order valence-corrected chi connectivity index (χ4v) is 2.94. The van der Waals surface area contributed by atoms with Crippen LogP contribution in [-0.2, 0) is 11.2 Å². The van der Waals surface area contributed by atoms with E-state index in [0.717, 1.165) is 16.8 Å². The number of carboxylic acid groups (broad SMARTS) is 1. The average Bonchev–Trinajstić information content (AvgIpc) is 3.02. The van der Waals surface area contributed by atoms with Gasteiger partial charge in [-0.3, -0.25) is 15.1 Å². The maximum Gasteiger partial charge on any atom is 0.322 e. The predicted octanol–water partition coefficient (Wildman–Crippen LogP) is 2.26. The maximum atomic E-state index is 12.3. The number of hydrogen-bond donors (Lipinski definition) is 4. The van der Waals surface area contributed by atoms with Gasteiger partial charge in [0.1, 0.15) is 5.84 Å². The third kappa shape index (κ3) is 3.83. The van der Waals surface area contributed by atoms with Crippen LogP contribution in [0.5, 0.6) is 0 Å². The molecule has 0 aromatic heterocycles. The van der Waals surface area contributed by atoms with Crippen LogP contribution in [0, 0.1) is 5.41 Å². The van der Waals surface area contributed by atoms with Gasteiger partial charge in [-0.1, -0.05) is 36.4 Å². The van der Waals surface area contributed by atoms with E-state index in [0.29, 0.717) is 18.5 Å². The summed E-state index contributed by atoms with van der Waals surface area (Å²) in [7, 11) is 0. The van der Waals surface area contributed by atoms with Crippen molar-refractivity contribution in [1.29, 1.82) is 5.41 Å². The lowest BCUT2D eigenvalue weighted by Crippen LogP contribution is -2.27. The fourth-order valence-electron chi connectivity index (χ4n) is 2.94. The molecule has 1 unspecified atom stereocenters. The summed E-state index contributed by atoms with van der Waals surface area (Å²) in [6.07, 6.45) is 0.550. The number of rotatable bonds is 6. The Balaban J connectivity index is 1.69. The summed E-state index contributed by atoms with van der Waals surface area (Å²) < 4.78 is 0. The maximum absolute atomic E-state index is 12.3. The molecule has 1 aliphatic heterocycles. The molecular formula is C19H20N4O3. The van der Waals surface area contributed by atoms with Crippen LogP contribution in [0.1, 0.15) is 29.2 Å². The van der Waals surface area contributed by atoms with E-state index < -0.39 is 5.97 Å². The van der Waals surface area contributed by atoms with Crippen LogP contribution in [0.15, 0.2) is 48.5 Å². The Labute approximate surface area is 150 Å². The number of carbonyl (C=O) groups is 2. The Bertz CT molecular complexity index is 831. The van der Waals surface area contributed by atoms with Gasteiger partial charge >= 0.3 is 12.0 Å². The number of nitrogens with zero attached hydrogens (tertiary/aromatic N) is 1. The second-order valence-electron chi connectivity index (χ2n) is 6.21. The number of urea groups is 1. The average molecular weight is 352 g/mol. The zero-order valence-electron chi connectivity index (χ0n) is 14.1. The first-order valence-corrected chi connectivity index (χ1v) is 8.27. The molecule has 2 aromatic rings. The van der Waals surface area contributed by atoms with Crippen LogP contribution in [0.25, 0.3) is 0 Å². The van der Waals surface area contributed by atoms with E-state index in [1.165, 1.54) is 0 Å². The standard InChI is InChI=1S/C19H20N4O3/c20-18(21)14-6-4-13(5-7-14)16-11-23(19(26)22-16)15-8-1-12(2-9-15)3-10-17(24)25/h1-2,4-9,16H,3,10-11H2,(H3,20,21)(H,22,26)(H,24,25). The summed E-state index contributed by atoms with van der Waals surface area (Å²) in [6, 6.07) is 14.3. The first-order chi connectivity index (χ1) is 12.4. The Morgan fingerprint density at radius 2 is 1.85 bits per heavy atom. The Kier molecular flexibility index (Phi) is 4.88. The number of carboxylic acids is 1. The number of aryl methyl sites for hydroxylation is 1. The molecule has 1 fully saturated rings. The fraction of sp³-hybridized carbons (Fsp3) is 0.211. The van der Waals surface area contributed by atoms with Gasteiger partial charge in [0.05, 0.1) is 12.6 Å². The van der Waals surface area contributed by atoms with Crippen molar-refractivity contribution in [2.24, 2.45) is 5.73 Å². The monoisotopic (exact) mass is 352 g/mol. The molecule has 7 heteroatoms. The molecule has 2 amide bonds. The zero-order valence-corrected chi connectivity index (χ0v) is 14.1. The quantitative estimate of drug-likeness (QED) is 0.471. The Morgan fingerprint density at radius 1 is 1.19 bits per heavy atom. The zero-order chi connectivity index (χ0) is 18.7. The van der Waals surface area contributed by atoms with E-state index in [4.69, 9.17) is 16.2 Å². The summed E-state index contributed by atoms with van der Waals surface area (Å²) in [4.78, 5) is 24.6. The lowest BCUT2D eigenvalue weighted by atomic mass is 10.0. The largest absolute Gasteiger partial charge is 0.481 e. The second kappa shape index (κ2) is 7.26. The van der Waals surface area contributed by atoms with Crippen molar-refractivity contribution >= 4 is 23.5 Å². The molecule has 26 heavy (non-hydrogen) atoms. The number of hydrogen-bond acceptors (Lipinski definition) is 3. The van der Waals surface area contributed by atoms with Gasteiger partial charge in [0.2, 0.25) is 0 Å². The normalized spacial score (nSPS) is 16.4. The number of aliphatic carboxylic acids is 1. The number of benzene rings is 2. The highest BCUT2D eigenvalue weighted by atomic mass is 16.4. The molecule has 0 saturated carbocycles. The van der Waals surface area contributed by atoms with Crippen molar-refractivity contribution < 1.29 is 14.7 Å². The van der Waals surface area contributed by atoms with Crippen molar-refractivity contribution in [2.75, 3.05) is 11.4 Å². The smallest absolute Gasteiger partial charge is 0.322 e. The van der Waals surface area contributed by atoms with Gasteiger partial charge in [-0.15, -0.1) is 0 Å². The molecule has 2 aromatic carbocycles. The molecule has 1 atom stereocenters. The first kappa shape index (κ1) is 17.5. The van der Waals surface area contributed by atoms with E-state index in [2.05, 4.69) is 5.32 Å². The number of anilines is 1. The summed E-state index contributed by atoms with van der Waals surface area (Å²) in [5.41, 5.74) is 8.74. The highest BCUT2D eigenvalue weighted by Crippen LogP contribution is 2.26. The molecule has 0 bridgehead atoms. The third-order valence-electron chi connectivity index (χ3n) is 4.41. The second-order valence-corrected chi connectivity index (χ2v) is 6.21. The highest BCUT2D eigenvalue weighted by molar-refractivity contribution is 5.96. The molecule has 1 aliphatic rings. The number of nitrogens with one attached hydrogen (secondary N) is 2. The molecule has 0 radical (unpaired) electrons. The van der Waals surface area contributed by atoms with E-state index >= 15 is 0 Å². The highest BCUT2D eigenvalue weighted by Gasteiger charge is 2.30. The number of nitrogens with two attached hydrogens (primary N) is 1. The third-order valence-corrected chi connectivity index (χ3v) is 4.41. The molecule has 0 aliphatic carbocycles. The summed E-state index contributed by atoms with van der Waals surface area (Å²) in [5, 5.41) is 19.1. The van der Waals surface area contributed by atoms with E-state index in [9.17, 15) is 9.59 Å². The molecule has 5 N–H and O–H groups in total. The molecule has 134 valence electrons. The van der Waals surface area contributed by atoms with Crippen LogP contribution in [0.3, 0.4) is 0 Å². The lowest BCUT2D eigenvalue weighted by molar-refractivity contribution is -0.136. The molecular weight excluding hydrogens is 332 g/mol.